The van der Waals surface area contributed by atoms with Gasteiger partial charge < -0.3 is 9.67 Å². The number of benzene rings is 1. The summed E-state index contributed by atoms with van der Waals surface area (Å²) in [5, 5.41) is 14.3. The Labute approximate surface area is 116 Å². The minimum Gasteiger partial charge on any atom is -0.478 e. The molecule has 1 N–H and O–H groups in total. The second kappa shape index (κ2) is 4.85. The number of aromatic carboxylic acids is 1. The first-order valence-corrected chi connectivity index (χ1v) is 6.43. The molecule has 0 unspecified atom stereocenters. The van der Waals surface area contributed by atoms with Crippen molar-refractivity contribution in [1.82, 2.24) is 14.3 Å². The first kappa shape index (κ1) is 12.5. The number of rotatable bonds is 4. The Kier molecular flexibility index (Phi) is 3.02. The molecule has 0 saturated heterocycles. The van der Waals surface area contributed by atoms with E-state index < -0.39 is 5.97 Å². The van der Waals surface area contributed by atoms with Crippen LogP contribution in [-0.4, -0.2) is 25.4 Å². The number of hydrogen-bond donors (Lipinski definition) is 1. The van der Waals surface area contributed by atoms with Crippen molar-refractivity contribution in [2.24, 2.45) is 7.05 Å². The van der Waals surface area contributed by atoms with Gasteiger partial charge in [0.25, 0.3) is 0 Å². The van der Waals surface area contributed by atoms with Gasteiger partial charge in [-0.05, 0) is 35.6 Å². The molecule has 3 rings (SSSR count). The first-order valence-electron chi connectivity index (χ1n) is 6.43. The summed E-state index contributed by atoms with van der Waals surface area (Å²) >= 11 is 0. The number of carboxylic acids is 1. The maximum absolute atomic E-state index is 11.0. The zero-order valence-corrected chi connectivity index (χ0v) is 11.2. The van der Waals surface area contributed by atoms with Crippen LogP contribution in [0.3, 0.4) is 0 Å². The summed E-state index contributed by atoms with van der Waals surface area (Å²) < 4.78 is 3.86. The van der Waals surface area contributed by atoms with E-state index in [1.54, 1.807) is 16.8 Å². The Hall–Kier alpha value is -2.56. The van der Waals surface area contributed by atoms with Crippen LogP contribution in [-0.2, 0) is 20.0 Å². The second-order valence-electron chi connectivity index (χ2n) is 4.86. The highest BCUT2D eigenvalue weighted by Gasteiger charge is 2.07. The molecule has 2 aromatic heterocycles. The predicted octanol–water partition coefficient (Wildman–Crippen LogP) is 2.32. The van der Waals surface area contributed by atoms with Crippen LogP contribution in [0.4, 0.5) is 0 Å². The highest BCUT2D eigenvalue weighted by molar-refractivity contribution is 5.93. The number of nitrogens with zero attached hydrogens (tertiary/aromatic N) is 3. The van der Waals surface area contributed by atoms with E-state index >= 15 is 0 Å². The average Bonchev–Trinajstić information content (AvgIpc) is 3.02. The molecule has 3 aromatic rings. The third kappa shape index (κ3) is 2.30. The molecular weight excluding hydrogens is 254 g/mol. The lowest BCUT2D eigenvalue weighted by molar-refractivity contribution is 0.0697. The van der Waals surface area contributed by atoms with Gasteiger partial charge in [-0.3, -0.25) is 4.68 Å². The van der Waals surface area contributed by atoms with Gasteiger partial charge in [-0.15, -0.1) is 0 Å². The van der Waals surface area contributed by atoms with E-state index in [1.165, 1.54) is 5.56 Å². The molecule has 0 fully saturated rings. The van der Waals surface area contributed by atoms with Crippen molar-refractivity contribution in [2.45, 2.75) is 13.0 Å². The summed E-state index contributed by atoms with van der Waals surface area (Å²) in [5.41, 5.74) is 2.44. The molecule has 0 atom stereocenters. The van der Waals surface area contributed by atoms with Crippen molar-refractivity contribution in [2.75, 3.05) is 0 Å². The first-order chi connectivity index (χ1) is 9.63. The molecular formula is C15H15N3O2. The highest BCUT2D eigenvalue weighted by atomic mass is 16.4. The Balaban J connectivity index is 1.87. The van der Waals surface area contributed by atoms with Crippen LogP contribution in [0.25, 0.3) is 10.9 Å². The number of carbonyl (C=O) groups is 1. The van der Waals surface area contributed by atoms with Gasteiger partial charge in [0, 0.05) is 31.5 Å². The van der Waals surface area contributed by atoms with Crippen molar-refractivity contribution in [3.8, 4) is 0 Å². The quantitative estimate of drug-likeness (QED) is 0.790. The number of fused-ring (bicyclic) bond motifs is 1. The SMILES string of the molecule is Cn1cc(CCn2ccc3ccc(C(=O)O)cc32)cn1. The van der Waals surface area contributed by atoms with Gasteiger partial charge in [0.05, 0.1) is 11.8 Å². The van der Waals surface area contributed by atoms with E-state index in [4.69, 9.17) is 5.11 Å². The molecule has 0 spiro atoms. The largest absolute Gasteiger partial charge is 0.478 e. The zero-order valence-electron chi connectivity index (χ0n) is 11.2. The summed E-state index contributed by atoms with van der Waals surface area (Å²) in [6, 6.07) is 7.21. The number of hydrogen-bond acceptors (Lipinski definition) is 2. The van der Waals surface area contributed by atoms with E-state index in [2.05, 4.69) is 9.67 Å². The second-order valence-corrected chi connectivity index (χ2v) is 4.86. The van der Waals surface area contributed by atoms with E-state index in [-0.39, 0.29) is 0 Å². The molecule has 102 valence electrons. The Morgan fingerprint density at radius 1 is 1.35 bits per heavy atom. The monoisotopic (exact) mass is 269 g/mol. The zero-order chi connectivity index (χ0) is 14.1. The van der Waals surface area contributed by atoms with Crippen molar-refractivity contribution in [3.63, 3.8) is 0 Å². The molecule has 5 nitrogen and oxygen atoms in total. The Morgan fingerprint density at radius 2 is 2.20 bits per heavy atom. The summed E-state index contributed by atoms with van der Waals surface area (Å²) in [4.78, 5) is 11.0. The average molecular weight is 269 g/mol. The smallest absolute Gasteiger partial charge is 0.335 e. The molecule has 20 heavy (non-hydrogen) atoms. The molecule has 2 heterocycles. The Morgan fingerprint density at radius 3 is 2.90 bits per heavy atom. The molecule has 0 radical (unpaired) electrons. The van der Waals surface area contributed by atoms with Gasteiger partial charge in [0.15, 0.2) is 0 Å². The van der Waals surface area contributed by atoms with Crippen LogP contribution in [0, 0.1) is 0 Å². The van der Waals surface area contributed by atoms with Crippen LogP contribution in [0.1, 0.15) is 15.9 Å². The van der Waals surface area contributed by atoms with E-state index in [1.807, 2.05) is 37.8 Å². The van der Waals surface area contributed by atoms with Crippen molar-refractivity contribution >= 4 is 16.9 Å². The number of aromatic nitrogens is 3. The molecule has 5 heteroatoms. The third-order valence-electron chi connectivity index (χ3n) is 3.42. The topological polar surface area (TPSA) is 60.0 Å². The fraction of sp³-hybridized carbons (Fsp3) is 0.200. The minimum absolute atomic E-state index is 0.318. The molecule has 0 aliphatic heterocycles. The van der Waals surface area contributed by atoms with Crippen LogP contribution in [0.5, 0.6) is 0 Å². The molecule has 0 amide bonds. The van der Waals surface area contributed by atoms with Gasteiger partial charge in [-0.1, -0.05) is 6.07 Å². The lowest BCUT2D eigenvalue weighted by Gasteiger charge is -2.05. The fourth-order valence-corrected chi connectivity index (χ4v) is 2.36. The van der Waals surface area contributed by atoms with Crippen LogP contribution in [0.2, 0.25) is 0 Å². The standard InChI is InChI=1S/C15H15N3O2/c1-17-10-11(9-16-17)4-6-18-7-5-12-2-3-13(15(19)20)8-14(12)18/h2-3,5,7-10H,4,6H2,1H3,(H,19,20). The van der Waals surface area contributed by atoms with E-state index in [9.17, 15) is 4.79 Å². The fourth-order valence-electron chi connectivity index (χ4n) is 2.36. The molecule has 0 aliphatic rings. The van der Waals surface area contributed by atoms with E-state index in [0.29, 0.717) is 5.56 Å². The van der Waals surface area contributed by atoms with Crippen molar-refractivity contribution < 1.29 is 9.90 Å². The summed E-state index contributed by atoms with van der Waals surface area (Å²) in [6.07, 6.45) is 6.71. The van der Waals surface area contributed by atoms with Crippen molar-refractivity contribution in [1.29, 1.82) is 0 Å². The maximum Gasteiger partial charge on any atom is 0.335 e. The van der Waals surface area contributed by atoms with Crippen LogP contribution < -0.4 is 0 Å². The van der Waals surface area contributed by atoms with Gasteiger partial charge in [-0.2, -0.15) is 5.10 Å². The van der Waals surface area contributed by atoms with E-state index in [0.717, 1.165) is 23.9 Å². The van der Waals surface area contributed by atoms with Crippen LogP contribution in [0.15, 0.2) is 42.9 Å². The highest BCUT2D eigenvalue weighted by Crippen LogP contribution is 2.18. The predicted molar refractivity (Wildman–Crippen MR) is 75.8 cm³/mol. The summed E-state index contributed by atoms with van der Waals surface area (Å²) in [7, 11) is 1.90. The van der Waals surface area contributed by atoms with Gasteiger partial charge in [-0.25, -0.2) is 4.79 Å². The lowest BCUT2D eigenvalue weighted by Crippen LogP contribution is -2.01. The Bertz CT molecular complexity index is 770. The summed E-state index contributed by atoms with van der Waals surface area (Å²) in [5.74, 6) is -0.896. The third-order valence-corrected chi connectivity index (χ3v) is 3.42. The van der Waals surface area contributed by atoms with Gasteiger partial charge in [0.1, 0.15) is 0 Å². The lowest BCUT2D eigenvalue weighted by atomic mass is 10.1. The number of aryl methyl sites for hydroxylation is 3. The molecule has 0 saturated carbocycles. The normalized spacial score (nSPS) is 11.1. The van der Waals surface area contributed by atoms with Gasteiger partial charge in [0.2, 0.25) is 0 Å². The van der Waals surface area contributed by atoms with Gasteiger partial charge >= 0.3 is 5.97 Å². The minimum atomic E-state index is -0.896. The van der Waals surface area contributed by atoms with Crippen molar-refractivity contribution in [3.05, 3.63) is 54.0 Å². The molecule has 1 aromatic carbocycles. The van der Waals surface area contributed by atoms with Crippen LogP contribution >= 0.6 is 0 Å². The molecule has 0 bridgehead atoms. The number of carboxylic acid groups (broad SMARTS) is 1. The summed E-state index contributed by atoms with van der Waals surface area (Å²) in [6.45, 7) is 0.804. The maximum atomic E-state index is 11.0. The molecule has 0 aliphatic carbocycles.